The molecule has 0 saturated heterocycles. The summed E-state index contributed by atoms with van der Waals surface area (Å²) in [5.41, 5.74) is 3.92. The Bertz CT molecular complexity index is 1050. The lowest BCUT2D eigenvalue weighted by Crippen LogP contribution is -2.13. The third kappa shape index (κ3) is 3.37. The van der Waals surface area contributed by atoms with Gasteiger partial charge in [0, 0.05) is 17.7 Å². The van der Waals surface area contributed by atoms with Crippen LogP contribution in [0, 0.1) is 0 Å². The minimum Gasteiger partial charge on any atom is -0.494 e. The maximum absolute atomic E-state index is 12.9. The zero-order chi connectivity index (χ0) is 19.8. The maximum atomic E-state index is 12.9. The van der Waals surface area contributed by atoms with Crippen LogP contribution in [0.4, 0.5) is 5.69 Å². The Hall–Kier alpha value is -3.21. The molecule has 1 saturated carbocycles. The van der Waals surface area contributed by atoms with Gasteiger partial charge in [-0.15, -0.1) is 0 Å². The fourth-order valence-electron chi connectivity index (χ4n) is 4.49. The summed E-state index contributed by atoms with van der Waals surface area (Å²) in [4.78, 5) is 15.8. The highest BCUT2D eigenvalue weighted by Gasteiger charge is 2.29. The molecule has 2 aromatic carbocycles. The molecule has 0 atom stereocenters. The number of carbonyl (C=O) groups excluding carboxylic acids is 1. The zero-order valence-electron chi connectivity index (χ0n) is 16.2. The summed E-state index contributed by atoms with van der Waals surface area (Å²) in [6.07, 6.45) is 7.00. The van der Waals surface area contributed by atoms with Crippen molar-refractivity contribution in [3.63, 3.8) is 0 Å². The highest BCUT2D eigenvalue weighted by Crippen LogP contribution is 2.42. The lowest BCUT2D eigenvalue weighted by atomic mass is 9.84. The number of aromatic amines is 1. The van der Waals surface area contributed by atoms with Gasteiger partial charge >= 0.3 is 0 Å². The second-order valence-electron chi connectivity index (χ2n) is 7.95. The first-order valence-electron chi connectivity index (χ1n) is 10.3. The Morgan fingerprint density at radius 3 is 2.59 bits per heavy atom. The van der Waals surface area contributed by atoms with E-state index in [1.165, 1.54) is 37.7 Å². The van der Waals surface area contributed by atoms with E-state index in [4.69, 9.17) is 4.74 Å². The highest BCUT2D eigenvalue weighted by atomic mass is 16.5. The normalized spacial score (nSPS) is 15.9. The molecule has 29 heavy (non-hydrogen) atoms. The molecule has 1 aromatic heterocycles. The minimum atomic E-state index is -0.384. The Balaban J connectivity index is 1.35. The van der Waals surface area contributed by atoms with Crippen molar-refractivity contribution in [3.8, 4) is 17.4 Å². The average molecular weight is 388 g/mol. The predicted octanol–water partition coefficient (Wildman–Crippen LogP) is 5.72. The van der Waals surface area contributed by atoms with Crippen LogP contribution in [-0.2, 0) is 6.42 Å². The standard InChI is InChI=1S/C24H24N2O3/c27-23(25-18-12-10-16(11-13-18)15-6-2-1-3-7-15)21-22-19(26-24(21)28)14-17-8-4-5-9-20(17)29-22/h4-5,8-13,15,26,28H,1-3,6-7,14H2,(H,25,27). The van der Waals surface area contributed by atoms with E-state index in [0.717, 1.165) is 5.56 Å². The van der Waals surface area contributed by atoms with Gasteiger partial charge in [-0.1, -0.05) is 49.6 Å². The summed E-state index contributed by atoms with van der Waals surface area (Å²) in [6.45, 7) is 0. The molecule has 5 heteroatoms. The van der Waals surface area contributed by atoms with Crippen LogP contribution in [-0.4, -0.2) is 16.0 Å². The summed E-state index contributed by atoms with van der Waals surface area (Å²) >= 11 is 0. The Morgan fingerprint density at radius 1 is 1.03 bits per heavy atom. The van der Waals surface area contributed by atoms with Crippen molar-refractivity contribution in [3.05, 3.63) is 70.9 Å². The summed E-state index contributed by atoms with van der Waals surface area (Å²) < 4.78 is 5.93. The maximum Gasteiger partial charge on any atom is 0.264 e. The van der Waals surface area contributed by atoms with Gasteiger partial charge in [0.15, 0.2) is 5.75 Å². The van der Waals surface area contributed by atoms with E-state index in [9.17, 15) is 9.90 Å². The largest absolute Gasteiger partial charge is 0.494 e. The van der Waals surface area contributed by atoms with Gasteiger partial charge < -0.3 is 20.1 Å². The molecular formula is C24H24N2O3. The number of rotatable bonds is 3. The summed E-state index contributed by atoms with van der Waals surface area (Å²) in [7, 11) is 0. The van der Waals surface area contributed by atoms with Crippen LogP contribution >= 0.6 is 0 Å². The van der Waals surface area contributed by atoms with Crippen molar-refractivity contribution in [2.45, 2.75) is 44.4 Å². The number of aromatic hydroxyl groups is 1. The first kappa shape index (κ1) is 17.9. The SMILES string of the molecule is O=C(Nc1ccc(C2CCCCC2)cc1)c1c(O)[nH]c2c1Oc1ccccc1C2. The van der Waals surface area contributed by atoms with E-state index in [0.29, 0.717) is 35.2 Å². The fourth-order valence-corrected chi connectivity index (χ4v) is 4.49. The van der Waals surface area contributed by atoms with Crippen LogP contribution in [0.5, 0.6) is 17.4 Å². The summed E-state index contributed by atoms with van der Waals surface area (Å²) in [6, 6.07) is 15.8. The molecule has 3 N–H and O–H groups in total. The number of benzene rings is 2. The minimum absolute atomic E-state index is 0.144. The van der Waals surface area contributed by atoms with Crippen molar-refractivity contribution in [1.29, 1.82) is 0 Å². The monoisotopic (exact) mass is 388 g/mol. The first-order chi connectivity index (χ1) is 14.2. The number of carbonyl (C=O) groups is 1. The van der Waals surface area contributed by atoms with Gasteiger partial charge in [-0.2, -0.15) is 0 Å². The molecule has 3 aromatic rings. The lowest BCUT2D eigenvalue weighted by Gasteiger charge is -2.22. The van der Waals surface area contributed by atoms with Gasteiger partial charge in [0.25, 0.3) is 5.91 Å². The van der Waals surface area contributed by atoms with Crippen LogP contribution in [0.15, 0.2) is 48.5 Å². The van der Waals surface area contributed by atoms with Crippen molar-refractivity contribution in [2.24, 2.45) is 0 Å². The van der Waals surface area contributed by atoms with Crippen LogP contribution in [0.1, 0.15) is 65.2 Å². The number of para-hydroxylation sites is 1. The second-order valence-corrected chi connectivity index (χ2v) is 7.95. The molecule has 5 rings (SSSR count). The van der Waals surface area contributed by atoms with Crippen LogP contribution in [0.3, 0.4) is 0 Å². The van der Waals surface area contributed by atoms with Gasteiger partial charge in [0.1, 0.15) is 11.3 Å². The van der Waals surface area contributed by atoms with Crippen LogP contribution < -0.4 is 10.1 Å². The third-order valence-electron chi connectivity index (χ3n) is 6.03. The molecule has 1 amide bonds. The van der Waals surface area contributed by atoms with Gasteiger partial charge in [0.2, 0.25) is 5.88 Å². The number of nitrogens with one attached hydrogen (secondary N) is 2. The molecule has 1 aliphatic heterocycles. The molecule has 0 unspecified atom stereocenters. The Morgan fingerprint density at radius 2 is 1.79 bits per heavy atom. The van der Waals surface area contributed by atoms with Gasteiger partial charge in [-0.05, 0) is 42.5 Å². The van der Waals surface area contributed by atoms with Crippen LogP contribution in [0.2, 0.25) is 0 Å². The molecule has 2 heterocycles. The number of anilines is 1. The number of amides is 1. The Kier molecular flexibility index (Phi) is 4.51. The molecule has 148 valence electrons. The van der Waals surface area contributed by atoms with E-state index in [2.05, 4.69) is 22.4 Å². The molecule has 2 aliphatic rings. The smallest absolute Gasteiger partial charge is 0.264 e. The Labute approximate surface area is 169 Å². The summed E-state index contributed by atoms with van der Waals surface area (Å²) in [5, 5.41) is 13.2. The predicted molar refractivity (Wildman–Crippen MR) is 112 cm³/mol. The molecule has 0 radical (unpaired) electrons. The number of hydrogen-bond donors (Lipinski definition) is 3. The van der Waals surface area contributed by atoms with E-state index < -0.39 is 0 Å². The zero-order valence-corrected chi connectivity index (χ0v) is 16.2. The summed E-state index contributed by atoms with van der Waals surface area (Å²) in [5.74, 6) is 1.19. The van der Waals surface area contributed by atoms with Crippen molar-refractivity contribution in [1.82, 2.24) is 4.98 Å². The van der Waals surface area contributed by atoms with Crippen molar-refractivity contribution in [2.75, 3.05) is 5.32 Å². The molecular weight excluding hydrogens is 364 g/mol. The molecule has 1 aliphatic carbocycles. The lowest BCUT2D eigenvalue weighted by molar-refractivity contribution is 0.102. The molecule has 0 spiro atoms. The van der Waals surface area contributed by atoms with Gasteiger partial charge in [-0.25, -0.2) is 0 Å². The number of ether oxygens (including phenoxy) is 1. The molecule has 5 nitrogen and oxygen atoms in total. The van der Waals surface area contributed by atoms with E-state index in [1.807, 2.05) is 36.4 Å². The van der Waals surface area contributed by atoms with Gasteiger partial charge in [-0.3, -0.25) is 4.79 Å². The number of hydrogen-bond acceptors (Lipinski definition) is 3. The average Bonchev–Trinajstić information content (AvgIpc) is 3.07. The topological polar surface area (TPSA) is 74.4 Å². The number of fused-ring (bicyclic) bond motifs is 2. The van der Waals surface area contributed by atoms with Crippen molar-refractivity contribution >= 4 is 11.6 Å². The van der Waals surface area contributed by atoms with E-state index in [1.54, 1.807) is 0 Å². The number of aromatic nitrogens is 1. The molecule has 1 fully saturated rings. The quantitative estimate of drug-likeness (QED) is 0.420. The number of H-pyrrole nitrogens is 1. The molecule has 0 bridgehead atoms. The van der Waals surface area contributed by atoms with Crippen LogP contribution in [0.25, 0.3) is 0 Å². The van der Waals surface area contributed by atoms with Crippen molar-refractivity contribution < 1.29 is 14.6 Å². The van der Waals surface area contributed by atoms with E-state index in [-0.39, 0.29) is 17.4 Å². The first-order valence-corrected chi connectivity index (χ1v) is 10.3. The van der Waals surface area contributed by atoms with E-state index >= 15 is 0 Å². The third-order valence-corrected chi connectivity index (χ3v) is 6.03. The highest BCUT2D eigenvalue weighted by molar-refractivity contribution is 6.08. The fraction of sp³-hybridized carbons (Fsp3) is 0.292. The van der Waals surface area contributed by atoms with Gasteiger partial charge in [0.05, 0.1) is 5.69 Å². The second kappa shape index (κ2) is 7.32.